The predicted molar refractivity (Wildman–Crippen MR) is 69.6 cm³/mol. The Hall–Kier alpha value is -1.29. The molecule has 17 heavy (non-hydrogen) atoms. The summed E-state index contributed by atoms with van der Waals surface area (Å²) in [4.78, 5) is 6.59. The molecule has 0 aliphatic carbocycles. The molecule has 4 heteroatoms. The third-order valence-corrected chi connectivity index (χ3v) is 3.13. The molecular weight excluding hydrogens is 214 g/mol. The maximum absolute atomic E-state index is 5.71. The van der Waals surface area contributed by atoms with E-state index in [-0.39, 0.29) is 0 Å². The first-order valence-corrected chi connectivity index (χ1v) is 6.36. The van der Waals surface area contributed by atoms with Gasteiger partial charge in [-0.3, -0.25) is 9.88 Å². The zero-order chi connectivity index (χ0) is 11.9. The highest BCUT2D eigenvalue weighted by molar-refractivity contribution is 5.44. The number of rotatable bonds is 5. The molecule has 1 N–H and O–H groups in total. The maximum atomic E-state index is 5.71. The zero-order valence-corrected chi connectivity index (χ0v) is 10.5. The zero-order valence-electron chi connectivity index (χ0n) is 10.5. The number of nitrogens with one attached hydrogen (secondary N) is 1. The Bertz CT molecular complexity index is 337. The molecule has 1 aromatic heterocycles. The van der Waals surface area contributed by atoms with Gasteiger partial charge in [-0.1, -0.05) is 6.42 Å². The van der Waals surface area contributed by atoms with Crippen molar-refractivity contribution in [1.29, 1.82) is 0 Å². The predicted octanol–water partition coefficient (Wildman–Crippen LogP) is 1.99. The molecule has 0 radical (unpaired) electrons. The molecule has 1 aromatic rings. The first-order chi connectivity index (χ1) is 8.38. The van der Waals surface area contributed by atoms with Crippen molar-refractivity contribution in [2.45, 2.75) is 19.3 Å². The summed E-state index contributed by atoms with van der Waals surface area (Å²) in [6, 6.07) is 1.98. The quantitative estimate of drug-likeness (QED) is 0.847. The summed E-state index contributed by atoms with van der Waals surface area (Å²) in [5.74, 6) is 0.842. The molecule has 1 aliphatic rings. The summed E-state index contributed by atoms with van der Waals surface area (Å²) >= 11 is 0. The van der Waals surface area contributed by atoms with Crippen LogP contribution in [0, 0.1) is 0 Å². The van der Waals surface area contributed by atoms with Crippen molar-refractivity contribution in [2.75, 3.05) is 38.6 Å². The summed E-state index contributed by atoms with van der Waals surface area (Å²) in [5, 5.41) is 3.05. The van der Waals surface area contributed by atoms with Gasteiger partial charge in [0, 0.05) is 19.7 Å². The van der Waals surface area contributed by atoms with Crippen molar-refractivity contribution >= 4 is 5.69 Å². The maximum Gasteiger partial charge on any atom is 0.139 e. The molecule has 1 saturated heterocycles. The molecule has 0 spiro atoms. The van der Waals surface area contributed by atoms with Crippen LogP contribution in [0.15, 0.2) is 18.5 Å². The Labute approximate surface area is 103 Å². The standard InChI is InChI=1S/C13H21N3O/c1-14-12-9-13(11-15-10-12)17-8-7-16-5-3-2-4-6-16/h9-11,14H,2-8H2,1H3. The van der Waals surface area contributed by atoms with E-state index in [9.17, 15) is 0 Å². The second-order valence-electron chi connectivity index (χ2n) is 4.41. The van der Waals surface area contributed by atoms with E-state index in [1.807, 2.05) is 13.1 Å². The number of hydrogen-bond donors (Lipinski definition) is 1. The molecule has 2 rings (SSSR count). The van der Waals surface area contributed by atoms with Gasteiger partial charge >= 0.3 is 0 Å². The van der Waals surface area contributed by atoms with Gasteiger partial charge in [-0.2, -0.15) is 0 Å². The Balaban J connectivity index is 1.73. The van der Waals surface area contributed by atoms with Crippen LogP contribution in [0.2, 0.25) is 0 Å². The number of anilines is 1. The molecule has 0 saturated carbocycles. The molecule has 1 aliphatic heterocycles. The summed E-state index contributed by atoms with van der Waals surface area (Å²) in [6.45, 7) is 4.20. The fourth-order valence-electron chi connectivity index (χ4n) is 2.11. The minimum Gasteiger partial charge on any atom is -0.491 e. The normalized spacial score (nSPS) is 16.8. The highest BCUT2D eigenvalue weighted by atomic mass is 16.5. The van der Waals surface area contributed by atoms with E-state index < -0.39 is 0 Å². The topological polar surface area (TPSA) is 37.4 Å². The van der Waals surface area contributed by atoms with E-state index in [1.54, 1.807) is 12.4 Å². The number of piperidine rings is 1. The van der Waals surface area contributed by atoms with Crippen molar-refractivity contribution in [3.05, 3.63) is 18.5 Å². The van der Waals surface area contributed by atoms with Crippen molar-refractivity contribution in [1.82, 2.24) is 9.88 Å². The van der Waals surface area contributed by atoms with Gasteiger partial charge in [0.05, 0.1) is 18.1 Å². The van der Waals surface area contributed by atoms with Crippen LogP contribution < -0.4 is 10.1 Å². The highest BCUT2D eigenvalue weighted by Gasteiger charge is 2.09. The number of pyridine rings is 1. The van der Waals surface area contributed by atoms with Crippen molar-refractivity contribution in [2.24, 2.45) is 0 Å². The van der Waals surface area contributed by atoms with Crippen LogP contribution in [0.25, 0.3) is 0 Å². The first-order valence-electron chi connectivity index (χ1n) is 6.36. The van der Waals surface area contributed by atoms with Crippen LogP contribution in [0.3, 0.4) is 0 Å². The third kappa shape index (κ3) is 3.89. The average Bonchev–Trinajstić information content (AvgIpc) is 2.40. The number of nitrogens with zero attached hydrogens (tertiary/aromatic N) is 2. The second kappa shape index (κ2) is 6.45. The SMILES string of the molecule is CNc1cncc(OCCN2CCCCC2)c1. The Kier molecular flexibility index (Phi) is 4.62. The van der Waals surface area contributed by atoms with E-state index >= 15 is 0 Å². The number of hydrogen-bond acceptors (Lipinski definition) is 4. The van der Waals surface area contributed by atoms with E-state index in [4.69, 9.17) is 4.74 Å². The lowest BCUT2D eigenvalue weighted by Crippen LogP contribution is -2.33. The third-order valence-electron chi connectivity index (χ3n) is 3.13. The minimum absolute atomic E-state index is 0.745. The van der Waals surface area contributed by atoms with E-state index in [2.05, 4.69) is 15.2 Å². The van der Waals surface area contributed by atoms with Crippen LogP contribution in [-0.2, 0) is 0 Å². The van der Waals surface area contributed by atoms with Crippen LogP contribution in [-0.4, -0.2) is 43.2 Å². The summed E-state index contributed by atoms with van der Waals surface area (Å²) in [5.41, 5.74) is 0.987. The number of likely N-dealkylation sites (tertiary alicyclic amines) is 1. The van der Waals surface area contributed by atoms with E-state index in [0.717, 1.165) is 24.6 Å². The van der Waals surface area contributed by atoms with Gasteiger partial charge in [0.25, 0.3) is 0 Å². The smallest absolute Gasteiger partial charge is 0.139 e. The van der Waals surface area contributed by atoms with Gasteiger partial charge in [-0.15, -0.1) is 0 Å². The molecule has 0 aromatic carbocycles. The van der Waals surface area contributed by atoms with Gasteiger partial charge in [0.2, 0.25) is 0 Å². The summed E-state index contributed by atoms with van der Waals surface area (Å²) < 4.78 is 5.71. The van der Waals surface area contributed by atoms with Crippen LogP contribution in [0.5, 0.6) is 5.75 Å². The Morgan fingerprint density at radius 2 is 2.12 bits per heavy atom. The summed E-state index contributed by atoms with van der Waals surface area (Å²) in [7, 11) is 1.88. The first kappa shape index (κ1) is 12.2. The second-order valence-corrected chi connectivity index (χ2v) is 4.41. The average molecular weight is 235 g/mol. The lowest BCUT2D eigenvalue weighted by atomic mass is 10.1. The monoisotopic (exact) mass is 235 g/mol. The van der Waals surface area contributed by atoms with Gasteiger partial charge in [0.1, 0.15) is 12.4 Å². The molecule has 0 unspecified atom stereocenters. The van der Waals surface area contributed by atoms with Gasteiger partial charge in [-0.25, -0.2) is 0 Å². The van der Waals surface area contributed by atoms with Crippen molar-refractivity contribution in [3.8, 4) is 5.75 Å². The summed E-state index contributed by atoms with van der Waals surface area (Å²) in [6.07, 6.45) is 7.59. The number of ether oxygens (including phenoxy) is 1. The van der Waals surface area contributed by atoms with E-state index in [0.29, 0.717) is 0 Å². The Morgan fingerprint density at radius 3 is 2.88 bits per heavy atom. The van der Waals surface area contributed by atoms with Crippen LogP contribution >= 0.6 is 0 Å². The van der Waals surface area contributed by atoms with Gasteiger partial charge < -0.3 is 10.1 Å². The molecule has 0 bridgehead atoms. The highest BCUT2D eigenvalue weighted by Crippen LogP contribution is 2.15. The lowest BCUT2D eigenvalue weighted by Gasteiger charge is -2.26. The fraction of sp³-hybridized carbons (Fsp3) is 0.615. The molecular formula is C13H21N3O. The molecule has 0 amide bonds. The van der Waals surface area contributed by atoms with Crippen LogP contribution in [0.4, 0.5) is 5.69 Å². The fourth-order valence-corrected chi connectivity index (χ4v) is 2.11. The molecule has 4 nitrogen and oxygen atoms in total. The molecule has 1 fully saturated rings. The largest absolute Gasteiger partial charge is 0.491 e. The van der Waals surface area contributed by atoms with E-state index in [1.165, 1.54) is 32.4 Å². The Morgan fingerprint density at radius 1 is 1.29 bits per heavy atom. The molecule has 2 heterocycles. The van der Waals surface area contributed by atoms with Crippen LogP contribution in [0.1, 0.15) is 19.3 Å². The molecule has 94 valence electrons. The van der Waals surface area contributed by atoms with Gasteiger partial charge in [0.15, 0.2) is 0 Å². The number of aromatic nitrogens is 1. The van der Waals surface area contributed by atoms with Crippen molar-refractivity contribution < 1.29 is 4.74 Å². The lowest BCUT2D eigenvalue weighted by molar-refractivity contribution is 0.183. The molecule has 0 atom stereocenters. The van der Waals surface area contributed by atoms with Gasteiger partial charge in [-0.05, 0) is 25.9 Å². The van der Waals surface area contributed by atoms with Crippen molar-refractivity contribution in [3.63, 3.8) is 0 Å². The minimum atomic E-state index is 0.745.